The van der Waals surface area contributed by atoms with Crippen molar-refractivity contribution in [2.45, 2.75) is 6.92 Å². The van der Waals surface area contributed by atoms with Crippen molar-refractivity contribution in [3.05, 3.63) is 28.7 Å². The molecule has 0 spiro atoms. The summed E-state index contributed by atoms with van der Waals surface area (Å²) in [6.07, 6.45) is 0. The number of Topliss-reactive ketones (excluding diaryl/α,β-unsaturated/α-hetero) is 1. The zero-order valence-electron chi connectivity index (χ0n) is 9.10. The highest BCUT2D eigenvalue weighted by Gasteiger charge is 2.16. The minimum atomic E-state index is -0.618. The molecule has 0 unspecified atom stereocenters. The van der Waals surface area contributed by atoms with Gasteiger partial charge < -0.3 is 4.74 Å². The average molecular weight is 254 g/mol. The molecule has 17 heavy (non-hydrogen) atoms. The van der Waals surface area contributed by atoms with Gasteiger partial charge in [0.1, 0.15) is 5.69 Å². The molecule has 0 atom stereocenters. The maximum absolute atomic E-state index is 11.4. The maximum Gasteiger partial charge on any atom is 0.356 e. The van der Waals surface area contributed by atoms with E-state index in [1.165, 1.54) is 30.7 Å². The van der Waals surface area contributed by atoms with Gasteiger partial charge in [-0.3, -0.25) is 4.79 Å². The Hall–Kier alpha value is -1.95. The highest BCUT2D eigenvalue weighted by molar-refractivity contribution is 6.29. The molecule has 0 saturated carbocycles. The number of ether oxygens (including phenoxy) is 1. The summed E-state index contributed by atoms with van der Waals surface area (Å²) in [5.41, 5.74) is 0.590. The molecule has 2 heterocycles. The van der Waals surface area contributed by atoms with Crippen LogP contribution in [0.2, 0.25) is 5.15 Å². The summed E-state index contributed by atoms with van der Waals surface area (Å²) in [5, 5.41) is 4.10. The summed E-state index contributed by atoms with van der Waals surface area (Å²) in [4.78, 5) is 26.8. The molecule has 2 rings (SSSR count). The molecule has 0 bridgehead atoms. The van der Waals surface area contributed by atoms with Crippen molar-refractivity contribution in [2.75, 3.05) is 7.11 Å². The second kappa shape index (κ2) is 4.14. The van der Waals surface area contributed by atoms with Crippen LogP contribution in [-0.4, -0.2) is 33.5 Å². The van der Waals surface area contributed by atoms with E-state index in [-0.39, 0.29) is 22.3 Å². The van der Waals surface area contributed by atoms with E-state index in [1.54, 1.807) is 0 Å². The number of methoxy groups -OCH3 is 1. The van der Waals surface area contributed by atoms with Gasteiger partial charge in [0.25, 0.3) is 0 Å². The van der Waals surface area contributed by atoms with E-state index in [0.29, 0.717) is 5.65 Å². The van der Waals surface area contributed by atoms with Crippen molar-refractivity contribution in [2.24, 2.45) is 0 Å². The predicted octanol–water partition coefficient (Wildman–Crippen LogP) is 1.37. The summed E-state index contributed by atoms with van der Waals surface area (Å²) in [5.74, 6) is -0.866. The Kier molecular flexibility index (Phi) is 2.81. The van der Waals surface area contributed by atoms with Crippen molar-refractivity contribution in [3.63, 3.8) is 0 Å². The zero-order chi connectivity index (χ0) is 12.6. The smallest absolute Gasteiger partial charge is 0.356 e. The lowest BCUT2D eigenvalue weighted by Gasteiger charge is -2.03. The minimum absolute atomic E-state index is 0.0433. The van der Waals surface area contributed by atoms with Gasteiger partial charge in [-0.15, -0.1) is 0 Å². The van der Waals surface area contributed by atoms with Gasteiger partial charge in [0.2, 0.25) is 0 Å². The first-order valence-corrected chi connectivity index (χ1v) is 5.06. The summed E-state index contributed by atoms with van der Waals surface area (Å²) in [7, 11) is 1.24. The largest absolute Gasteiger partial charge is 0.464 e. The van der Waals surface area contributed by atoms with Gasteiger partial charge in [0, 0.05) is 19.1 Å². The molecule has 0 aliphatic heterocycles. The normalized spacial score (nSPS) is 10.5. The van der Waals surface area contributed by atoms with E-state index in [0.717, 1.165) is 0 Å². The Balaban J connectivity index is 2.75. The van der Waals surface area contributed by atoms with Crippen LogP contribution in [0.4, 0.5) is 0 Å². The van der Waals surface area contributed by atoms with Crippen LogP contribution in [0.15, 0.2) is 12.1 Å². The van der Waals surface area contributed by atoms with Crippen LogP contribution in [0.1, 0.15) is 27.9 Å². The van der Waals surface area contributed by atoms with Gasteiger partial charge in [0.15, 0.2) is 22.3 Å². The molecule has 2 aromatic rings. The van der Waals surface area contributed by atoms with Gasteiger partial charge >= 0.3 is 5.97 Å². The predicted molar refractivity (Wildman–Crippen MR) is 59.3 cm³/mol. The molecule has 0 amide bonds. The summed E-state index contributed by atoms with van der Waals surface area (Å²) < 4.78 is 5.84. The summed E-state index contributed by atoms with van der Waals surface area (Å²) in [6, 6.07) is 2.78. The molecule has 6 nitrogen and oxygen atoms in total. The van der Waals surface area contributed by atoms with Gasteiger partial charge in [0.05, 0.1) is 7.11 Å². The van der Waals surface area contributed by atoms with E-state index in [1.807, 2.05) is 0 Å². The first-order valence-electron chi connectivity index (χ1n) is 4.68. The number of fused-ring (bicyclic) bond motifs is 1. The minimum Gasteiger partial charge on any atom is -0.464 e. The van der Waals surface area contributed by atoms with E-state index in [2.05, 4.69) is 14.8 Å². The van der Waals surface area contributed by atoms with Crippen LogP contribution in [0, 0.1) is 0 Å². The van der Waals surface area contributed by atoms with E-state index < -0.39 is 5.97 Å². The quantitative estimate of drug-likeness (QED) is 0.597. The third-order valence-electron chi connectivity index (χ3n) is 2.15. The van der Waals surface area contributed by atoms with Crippen molar-refractivity contribution in [1.29, 1.82) is 0 Å². The van der Waals surface area contributed by atoms with E-state index in [9.17, 15) is 9.59 Å². The molecule has 88 valence electrons. The van der Waals surface area contributed by atoms with Crippen molar-refractivity contribution < 1.29 is 14.3 Å². The van der Waals surface area contributed by atoms with Gasteiger partial charge in [-0.25, -0.2) is 14.3 Å². The van der Waals surface area contributed by atoms with Crippen LogP contribution in [0.3, 0.4) is 0 Å². The molecule has 0 aliphatic rings. The van der Waals surface area contributed by atoms with Crippen molar-refractivity contribution >= 4 is 29.0 Å². The van der Waals surface area contributed by atoms with Crippen LogP contribution < -0.4 is 0 Å². The molecular weight excluding hydrogens is 246 g/mol. The SMILES string of the molecule is COC(=O)c1cc(C(C)=O)n2nc(Cl)cc2n1. The lowest BCUT2D eigenvalue weighted by molar-refractivity contribution is 0.0594. The number of carbonyl (C=O) groups excluding carboxylic acids is 2. The lowest BCUT2D eigenvalue weighted by Crippen LogP contribution is -2.11. The van der Waals surface area contributed by atoms with Crippen molar-refractivity contribution in [3.8, 4) is 0 Å². The Labute approximate surface area is 101 Å². The Morgan fingerprint density at radius 2 is 2.12 bits per heavy atom. The fraction of sp³-hybridized carbons (Fsp3) is 0.200. The molecule has 0 radical (unpaired) electrons. The Morgan fingerprint density at radius 3 is 2.71 bits per heavy atom. The third-order valence-corrected chi connectivity index (χ3v) is 2.34. The topological polar surface area (TPSA) is 73.6 Å². The van der Waals surface area contributed by atoms with Gasteiger partial charge in [-0.1, -0.05) is 11.6 Å². The van der Waals surface area contributed by atoms with E-state index in [4.69, 9.17) is 11.6 Å². The number of aromatic nitrogens is 3. The first kappa shape index (κ1) is 11.5. The molecule has 0 fully saturated rings. The van der Waals surface area contributed by atoms with Crippen LogP contribution in [0.25, 0.3) is 5.65 Å². The third kappa shape index (κ3) is 1.99. The highest BCUT2D eigenvalue weighted by atomic mass is 35.5. The number of rotatable bonds is 2. The summed E-state index contributed by atoms with van der Waals surface area (Å²) in [6.45, 7) is 1.37. The van der Waals surface area contributed by atoms with Crippen molar-refractivity contribution in [1.82, 2.24) is 14.6 Å². The Morgan fingerprint density at radius 1 is 1.41 bits per heavy atom. The second-order valence-electron chi connectivity index (χ2n) is 3.31. The van der Waals surface area contributed by atoms with Crippen LogP contribution in [0.5, 0.6) is 0 Å². The van der Waals surface area contributed by atoms with Gasteiger partial charge in [-0.05, 0) is 0 Å². The number of halogens is 1. The monoisotopic (exact) mass is 253 g/mol. The summed E-state index contributed by atoms with van der Waals surface area (Å²) >= 11 is 5.73. The standard InChI is InChI=1S/C10H8ClN3O3/c1-5(15)7-3-6(10(16)17-2)12-9-4-8(11)13-14(7)9/h3-4H,1-2H3. The number of esters is 1. The molecule has 2 aromatic heterocycles. The van der Waals surface area contributed by atoms with Crippen LogP contribution in [-0.2, 0) is 4.74 Å². The molecule has 0 aliphatic carbocycles. The molecule has 7 heteroatoms. The number of carbonyl (C=O) groups is 2. The first-order chi connectivity index (χ1) is 8.02. The number of hydrogen-bond acceptors (Lipinski definition) is 5. The molecule has 0 saturated heterocycles. The van der Waals surface area contributed by atoms with Crippen LogP contribution >= 0.6 is 11.6 Å². The highest BCUT2D eigenvalue weighted by Crippen LogP contribution is 2.14. The Bertz CT molecular complexity index is 621. The lowest BCUT2D eigenvalue weighted by atomic mass is 10.2. The molecule has 0 aromatic carbocycles. The number of nitrogens with zero attached hydrogens (tertiary/aromatic N) is 3. The average Bonchev–Trinajstić information content (AvgIpc) is 2.66. The number of hydrogen-bond donors (Lipinski definition) is 0. The second-order valence-corrected chi connectivity index (χ2v) is 3.70. The molecular formula is C10H8ClN3O3. The number of ketones is 1. The van der Waals surface area contributed by atoms with Gasteiger partial charge in [-0.2, -0.15) is 5.10 Å². The maximum atomic E-state index is 11.4. The fourth-order valence-electron chi connectivity index (χ4n) is 1.41. The molecule has 0 N–H and O–H groups in total. The zero-order valence-corrected chi connectivity index (χ0v) is 9.85. The fourth-order valence-corrected chi connectivity index (χ4v) is 1.58. The van der Waals surface area contributed by atoms with E-state index >= 15 is 0 Å².